The van der Waals surface area contributed by atoms with E-state index < -0.39 is 0 Å². The molecule has 1 radical (unpaired) electrons. The molecule has 1 aromatic rings. The number of aryl methyl sites for hydroxylation is 1. The highest BCUT2D eigenvalue weighted by atomic mass is 79.9. The number of alkyl halides is 1. The van der Waals surface area contributed by atoms with Gasteiger partial charge >= 0.3 is 0 Å². The first-order chi connectivity index (χ1) is 6.12. The number of hydrogen-bond donors (Lipinski definition) is 0. The Morgan fingerprint density at radius 3 is 2.85 bits per heavy atom. The third kappa shape index (κ3) is 1.68. The van der Waals surface area contributed by atoms with Crippen LogP contribution in [0.3, 0.4) is 0 Å². The smallest absolute Gasteiger partial charge is 0.179 e. The maximum absolute atomic E-state index is 11.8. The van der Waals surface area contributed by atoms with E-state index in [9.17, 15) is 4.79 Å². The molecule has 0 bridgehead atoms. The maximum atomic E-state index is 11.8. The van der Waals surface area contributed by atoms with Crippen LogP contribution in [0.5, 0.6) is 0 Å². The lowest BCUT2D eigenvalue weighted by Crippen LogP contribution is -2.14. The van der Waals surface area contributed by atoms with E-state index in [-0.39, 0.29) is 10.1 Å². The zero-order chi connectivity index (χ0) is 9.47. The van der Waals surface area contributed by atoms with E-state index in [1.54, 1.807) is 6.07 Å². The predicted octanol–water partition coefficient (Wildman–Crippen LogP) is 2.91. The Kier molecular flexibility index (Phi) is 2.03. The molecule has 0 atom stereocenters. The van der Waals surface area contributed by atoms with E-state index >= 15 is 0 Å². The molecule has 1 fully saturated rings. The maximum Gasteiger partial charge on any atom is 0.179 e. The fourth-order valence-electron chi connectivity index (χ4n) is 1.32. The molecule has 1 aromatic carbocycles. The van der Waals surface area contributed by atoms with Crippen molar-refractivity contribution < 1.29 is 4.79 Å². The fourth-order valence-corrected chi connectivity index (χ4v) is 1.75. The van der Waals surface area contributed by atoms with Gasteiger partial charge in [-0.2, -0.15) is 0 Å². The monoisotopic (exact) mass is 237 g/mol. The number of carbonyl (C=O) groups excluding carboxylic acids is 1. The second-order valence-electron chi connectivity index (χ2n) is 3.55. The Hall–Kier alpha value is -0.630. The van der Waals surface area contributed by atoms with Crippen molar-refractivity contribution in [2.45, 2.75) is 24.1 Å². The van der Waals surface area contributed by atoms with E-state index in [1.807, 2.05) is 19.1 Å². The van der Waals surface area contributed by atoms with Gasteiger partial charge in [-0.15, -0.1) is 0 Å². The first kappa shape index (κ1) is 8.95. The summed E-state index contributed by atoms with van der Waals surface area (Å²) in [5.41, 5.74) is 1.81. The highest BCUT2D eigenvalue weighted by Gasteiger charge is 2.47. The lowest BCUT2D eigenvalue weighted by Gasteiger charge is -2.05. The number of benzene rings is 1. The summed E-state index contributed by atoms with van der Waals surface area (Å²) in [7, 11) is 0. The van der Waals surface area contributed by atoms with E-state index in [0.29, 0.717) is 0 Å². The molecule has 2 heteroatoms. The lowest BCUT2D eigenvalue weighted by molar-refractivity contribution is 0.0983. The molecule has 0 N–H and O–H groups in total. The molecule has 13 heavy (non-hydrogen) atoms. The standard InChI is InChI=1S/C11H10BrO/c1-8-3-2-4-9(7-8)10(13)11(12)5-6-11/h2,4,7H,5-6H2,1H3. The third-order valence-electron chi connectivity index (χ3n) is 2.30. The van der Waals surface area contributed by atoms with Crippen LogP contribution < -0.4 is 0 Å². The van der Waals surface area contributed by atoms with Crippen molar-refractivity contribution in [1.29, 1.82) is 0 Å². The molecule has 1 saturated carbocycles. The lowest BCUT2D eigenvalue weighted by atomic mass is 10.1. The van der Waals surface area contributed by atoms with Crippen LogP contribution in [0, 0.1) is 13.0 Å². The van der Waals surface area contributed by atoms with Crippen molar-refractivity contribution in [3.63, 3.8) is 0 Å². The highest BCUT2D eigenvalue weighted by Crippen LogP contribution is 2.46. The average Bonchev–Trinajstić information content (AvgIpc) is 2.84. The molecular weight excluding hydrogens is 228 g/mol. The van der Waals surface area contributed by atoms with Gasteiger partial charge in [-0.25, -0.2) is 0 Å². The van der Waals surface area contributed by atoms with Gasteiger partial charge in [-0.1, -0.05) is 28.1 Å². The van der Waals surface area contributed by atoms with Crippen molar-refractivity contribution >= 4 is 21.7 Å². The summed E-state index contributed by atoms with van der Waals surface area (Å²) >= 11 is 3.46. The Morgan fingerprint density at radius 2 is 2.31 bits per heavy atom. The third-order valence-corrected chi connectivity index (χ3v) is 3.46. The van der Waals surface area contributed by atoms with Crippen molar-refractivity contribution in [1.82, 2.24) is 0 Å². The van der Waals surface area contributed by atoms with Crippen LogP contribution in [0.4, 0.5) is 0 Å². The minimum Gasteiger partial charge on any atom is -0.293 e. The fraction of sp³-hybridized carbons (Fsp3) is 0.364. The molecule has 2 rings (SSSR count). The topological polar surface area (TPSA) is 17.1 Å². The summed E-state index contributed by atoms with van der Waals surface area (Å²) < 4.78 is -0.235. The Labute approximate surface area is 86.3 Å². The van der Waals surface area contributed by atoms with Gasteiger partial charge in [-0.3, -0.25) is 4.79 Å². The van der Waals surface area contributed by atoms with Crippen molar-refractivity contribution in [2.24, 2.45) is 0 Å². The summed E-state index contributed by atoms with van der Waals surface area (Å²) in [5.74, 6) is 0.213. The first-order valence-electron chi connectivity index (χ1n) is 4.34. The summed E-state index contributed by atoms with van der Waals surface area (Å²) in [5, 5.41) is 0. The number of ketones is 1. The van der Waals surface area contributed by atoms with Gasteiger partial charge in [-0.05, 0) is 37.5 Å². The van der Waals surface area contributed by atoms with Crippen LogP contribution in [0.15, 0.2) is 18.2 Å². The van der Waals surface area contributed by atoms with E-state index in [0.717, 1.165) is 24.0 Å². The van der Waals surface area contributed by atoms with Crippen LogP contribution in [0.25, 0.3) is 0 Å². The average molecular weight is 238 g/mol. The predicted molar refractivity (Wildman–Crippen MR) is 55.2 cm³/mol. The Bertz CT molecular complexity index is 353. The molecule has 0 unspecified atom stereocenters. The Balaban J connectivity index is 2.30. The summed E-state index contributed by atoms with van der Waals surface area (Å²) in [6.07, 6.45) is 1.92. The molecule has 0 spiro atoms. The number of hydrogen-bond acceptors (Lipinski definition) is 1. The minimum atomic E-state index is -0.235. The largest absolute Gasteiger partial charge is 0.293 e. The van der Waals surface area contributed by atoms with Crippen molar-refractivity contribution in [3.8, 4) is 0 Å². The van der Waals surface area contributed by atoms with Gasteiger partial charge in [0.25, 0.3) is 0 Å². The number of carbonyl (C=O) groups is 1. The molecule has 0 amide bonds. The van der Waals surface area contributed by atoms with Gasteiger partial charge in [0, 0.05) is 5.56 Å². The minimum absolute atomic E-state index is 0.213. The molecule has 1 nitrogen and oxygen atoms in total. The van der Waals surface area contributed by atoms with E-state index in [2.05, 4.69) is 22.0 Å². The van der Waals surface area contributed by atoms with Crippen molar-refractivity contribution in [2.75, 3.05) is 0 Å². The quantitative estimate of drug-likeness (QED) is 0.571. The molecule has 67 valence electrons. The zero-order valence-corrected chi connectivity index (χ0v) is 9.02. The normalized spacial score (nSPS) is 18.3. The molecular formula is C11H10BrO. The second kappa shape index (κ2) is 2.95. The number of Topliss-reactive ketones (excluding diaryl/α,β-unsaturated/α-hetero) is 1. The summed E-state index contributed by atoms with van der Waals surface area (Å²) in [6, 6.07) is 8.56. The highest BCUT2D eigenvalue weighted by molar-refractivity contribution is 9.10. The molecule has 0 saturated heterocycles. The van der Waals surface area contributed by atoms with Crippen LogP contribution in [0.2, 0.25) is 0 Å². The molecule has 1 aliphatic rings. The van der Waals surface area contributed by atoms with Crippen LogP contribution >= 0.6 is 15.9 Å². The molecule has 0 aliphatic heterocycles. The van der Waals surface area contributed by atoms with Gasteiger partial charge in [0.2, 0.25) is 0 Å². The Morgan fingerprint density at radius 1 is 1.62 bits per heavy atom. The zero-order valence-electron chi connectivity index (χ0n) is 7.43. The number of rotatable bonds is 2. The van der Waals surface area contributed by atoms with Gasteiger partial charge < -0.3 is 0 Å². The molecule has 0 aromatic heterocycles. The van der Waals surface area contributed by atoms with Crippen LogP contribution in [-0.2, 0) is 0 Å². The van der Waals surface area contributed by atoms with E-state index in [4.69, 9.17) is 0 Å². The van der Waals surface area contributed by atoms with Crippen LogP contribution in [-0.4, -0.2) is 10.1 Å². The van der Waals surface area contributed by atoms with Gasteiger partial charge in [0.15, 0.2) is 5.78 Å². The first-order valence-corrected chi connectivity index (χ1v) is 5.13. The number of halogens is 1. The van der Waals surface area contributed by atoms with Crippen molar-refractivity contribution in [3.05, 3.63) is 35.4 Å². The van der Waals surface area contributed by atoms with Crippen LogP contribution in [0.1, 0.15) is 28.8 Å². The van der Waals surface area contributed by atoms with Gasteiger partial charge in [0.1, 0.15) is 0 Å². The SMILES string of the molecule is Cc1[c]ccc(C(=O)C2(Br)CC2)c1. The van der Waals surface area contributed by atoms with E-state index in [1.165, 1.54) is 0 Å². The summed E-state index contributed by atoms with van der Waals surface area (Å²) in [6.45, 7) is 1.95. The molecule has 1 aliphatic carbocycles. The summed E-state index contributed by atoms with van der Waals surface area (Å²) in [4.78, 5) is 11.8. The van der Waals surface area contributed by atoms with Gasteiger partial charge in [0.05, 0.1) is 4.32 Å². The molecule has 0 heterocycles. The second-order valence-corrected chi connectivity index (χ2v) is 5.07.